The number of amides is 2. The van der Waals surface area contributed by atoms with Crippen LogP contribution in [0.5, 0.6) is 0 Å². The first-order chi connectivity index (χ1) is 39.2. The van der Waals surface area contributed by atoms with Gasteiger partial charge in [-0.25, -0.2) is 0 Å². The van der Waals surface area contributed by atoms with Crippen molar-refractivity contribution in [2.75, 3.05) is 39.6 Å². The molecule has 7 saturated heterocycles. The molecule has 0 aromatic rings. The van der Waals surface area contributed by atoms with Crippen LogP contribution in [0.15, 0.2) is 0 Å². The summed E-state index contributed by atoms with van der Waals surface area (Å²) in [6.45, 7) is -2.68. The highest BCUT2D eigenvalue weighted by molar-refractivity contribution is 5.73. The smallest absolute Gasteiger partial charge is 0.217 e. The van der Waals surface area contributed by atoms with Gasteiger partial charge in [-0.1, -0.05) is 0 Å². The zero-order chi connectivity index (χ0) is 61.2. The summed E-state index contributed by atoms with van der Waals surface area (Å²) < 4.78 is 75.2. The second kappa shape index (κ2) is 29.3. The maximum absolute atomic E-state index is 12.8. The van der Waals surface area contributed by atoms with Crippen molar-refractivity contribution in [3.05, 3.63) is 0 Å². The molecular formula is C46H78N2O35. The van der Waals surface area contributed by atoms with Gasteiger partial charge in [0.25, 0.3) is 0 Å². The van der Waals surface area contributed by atoms with Crippen molar-refractivity contribution in [2.45, 2.75) is 236 Å². The van der Waals surface area contributed by atoms with Crippen molar-refractivity contribution >= 4 is 11.8 Å². The Kier molecular flexibility index (Phi) is 24.0. The van der Waals surface area contributed by atoms with Crippen molar-refractivity contribution in [3.63, 3.8) is 0 Å². The lowest BCUT2D eigenvalue weighted by Gasteiger charge is -2.51. The molecule has 7 aliphatic heterocycles. The molecule has 0 saturated carbocycles. The van der Waals surface area contributed by atoms with Crippen molar-refractivity contribution < 1.29 is 173 Å². The Hall–Kier alpha value is -2.38. The molecule has 0 spiro atoms. The Labute approximate surface area is 470 Å². The van der Waals surface area contributed by atoms with Gasteiger partial charge < -0.3 is 174 Å². The lowest BCUT2D eigenvalue weighted by Crippen LogP contribution is -2.70. The number of hydrogen-bond donors (Lipinski definition) is 22. The van der Waals surface area contributed by atoms with Gasteiger partial charge in [-0.2, -0.15) is 0 Å². The van der Waals surface area contributed by atoms with Gasteiger partial charge in [0.2, 0.25) is 11.8 Å². The predicted octanol–water partition coefficient (Wildman–Crippen LogP) is -15.0. The van der Waals surface area contributed by atoms with Crippen LogP contribution in [0.1, 0.15) is 20.8 Å². The third-order valence-corrected chi connectivity index (χ3v) is 15.3. The molecule has 0 radical (unpaired) electrons. The number of aliphatic hydroxyl groups is 20. The predicted molar refractivity (Wildman–Crippen MR) is 254 cm³/mol. The summed E-state index contributed by atoms with van der Waals surface area (Å²) in [5.74, 6) is -1.69. The van der Waals surface area contributed by atoms with Gasteiger partial charge in [-0.15, -0.1) is 0 Å². The number of carbonyl (C=O) groups excluding carboxylic acids is 2. The zero-order valence-electron chi connectivity index (χ0n) is 44.5. The van der Waals surface area contributed by atoms with Crippen molar-refractivity contribution in [1.29, 1.82) is 0 Å². The number of ether oxygens (including phenoxy) is 13. The van der Waals surface area contributed by atoms with Crippen molar-refractivity contribution in [2.24, 2.45) is 0 Å². The molecule has 7 fully saturated rings. The first kappa shape index (κ1) is 68.1. The summed E-state index contributed by atoms with van der Waals surface area (Å²) in [5.41, 5.74) is 0. The van der Waals surface area contributed by atoms with Crippen LogP contribution in [0.2, 0.25) is 0 Å². The van der Waals surface area contributed by atoms with E-state index in [1.165, 1.54) is 6.92 Å². The van der Waals surface area contributed by atoms with Crippen LogP contribution in [0.4, 0.5) is 0 Å². The molecule has 1 unspecified atom stereocenters. The average molecular weight is 1220 g/mol. The normalized spacial score (nSPS) is 50.8. The first-order valence-electron chi connectivity index (χ1n) is 26.5. The third-order valence-electron chi connectivity index (χ3n) is 15.3. The fraction of sp³-hybridized carbons (Fsp3) is 0.957. The van der Waals surface area contributed by atoms with E-state index in [1.807, 2.05) is 0 Å². The maximum Gasteiger partial charge on any atom is 0.217 e. The van der Waals surface area contributed by atoms with Gasteiger partial charge in [-0.3, -0.25) is 9.59 Å². The molecule has 0 aliphatic carbocycles. The minimum atomic E-state index is -2.34. The Morgan fingerprint density at radius 1 is 0.337 bits per heavy atom. The Morgan fingerprint density at radius 3 is 1.23 bits per heavy atom. The maximum atomic E-state index is 12.8. The fourth-order valence-electron chi connectivity index (χ4n) is 10.6. The zero-order valence-corrected chi connectivity index (χ0v) is 44.5. The third kappa shape index (κ3) is 14.7. The van der Waals surface area contributed by atoms with E-state index in [0.717, 1.165) is 13.8 Å². The second-order valence-electron chi connectivity index (χ2n) is 21.1. The van der Waals surface area contributed by atoms with Crippen LogP contribution in [0, 0.1) is 0 Å². The summed E-state index contributed by atoms with van der Waals surface area (Å²) in [4.78, 5) is 24.9. The molecule has 35 atom stereocenters. The van der Waals surface area contributed by atoms with Crippen LogP contribution in [-0.4, -0.2) is 368 Å². The molecule has 2 amide bonds. The molecule has 7 rings (SSSR count). The molecule has 0 aromatic heterocycles. The van der Waals surface area contributed by atoms with Crippen LogP contribution in [0.3, 0.4) is 0 Å². The number of rotatable bonds is 20. The molecule has 7 aliphatic rings. The van der Waals surface area contributed by atoms with Crippen LogP contribution < -0.4 is 10.6 Å². The molecule has 482 valence electrons. The van der Waals surface area contributed by atoms with Crippen molar-refractivity contribution in [3.8, 4) is 0 Å². The van der Waals surface area contributed by atoms with Gasteiger partial charge in [0.15, 0.2) is 44.0 Å². The lowest BCUT2D eigenvalue weighted by atomic mass is 9.94. The number of carbonyl (C=O) groups is 2. The minimum Gasteiger partial charge on any atom is -0.394 e. The van der Waals surface area contributed by atoms with E-state index >= 15 is 0 Å². The second-order valence-corrected chi connectivity index (χ2v) is 21.1. The molecule has 0 aromatic carbocycles. The minimum absolute atomic E-state index is 0.774. The highest BCUT2D eigenvalue weighted by Gasteiger charge is 2.59. The van der Waals surface area contributed by atoms with Crippen LogP contribution in [-0.2, 0) is 71.2 Å². The molecule has 37 nitrogen and oxygen atoms in total. The Balaban J connectivity index is 1.18. The monoisotopic (exact) mass is 1220 g/mol. The summed E-state index contributed by atoms with van der Waals surface area (Å²) in [6, 6.07) is -3.55. The summed E-state index contributed by atoms with van der Waals surface area (Å²) in [7, 11) is 0. The van der Waals surface area contributed by atoms with Gasteiger partial charge in [-0.05, 0) is 6.92 Å². The Morgan fingerprint density at radius 2 is 0.711 bits per heavy atom. The highest BCUT2D eigenvalue weighted by Crippen LogP contribution is 2.38. The van der Waals surface area contributed by atoms with E-state index in [2.05, 4.69) is 10.6 Å². The summed E-state index contributed by atoms with van der Waals surface area (Å²) in [6.07, 6.45) is -64.2. The number of hydrogen-bond acceptors (Lipinski definition) is 35. The molecule has 83 heavy (non-hydrogen) atoms. The molecule has 0 bridgehead atoms. The van der Waals surface area contributed by atoms with Gasteiger partial charge >= 0.3 is 0 Å². The van der Waals surface area contributed by atoms with E-state index in [0.29, 0.717) is 0 Å². The Bertz CT molecular complexity index is 2050. The van der Waals surface area contributed by atoms with E-state index in [1.54, 1.807) is 0 Å². The first-order valence-corrected chi connectivity index (χ1v) is 26.5. The fourth-order valence-corrected chi connectivity index (χ4v) is 10.6. The van der Waals surface area contributed by atoms with E-state index in [9.17, 15) is 112 Å². The van der Waals surface area contributed by atoms with Gasteiger partial charge in [0, 0.05) is 13.8 Å². The summed E-state index contributed by atoms with van der Waals surface area (Å²) in [5, 5.41) is 222. The molecule has 37 heteroatoms. The van der Waals surface area contributed by atoms with Crippen molar-refractivity contribution in [1.82, 2.24) is 10.6 Å². The lowest BCUT2D eigenvalue weighted by molar-refractivity contribution is -0.399. The topological polar surface area (TPSA) is 583 Å². The summed E-state index contributed by atoms with van der Waals surface area (Å²) >= 11 is 0. The highest BCUT2D eigenvalue weighted by atomic mass is 16.8. The quantitative estimate of drug-likeness (QED) is 0.0538. The number of nitrogens with one attached hydrogen (secondary N) is 2. The van der Waals surface area contributed by atoms with Crippen LogP contribution >= 0.6 is 0 Å². The SMILES string of the molecule is CC(=O)N[C@H]1[C@H](O[C@@H]2[C@@H](O[C@@H]3[C@H](O)[C@H](O[C@H]4[C@H](O)[C@@H](NC(C)=O)C(O)O[C@@H]4CO)O[C@H](CO[C@H]4O[C@H](CO)[C@@H](O)[C@H](O)[C@@H]4O)[C@H]3O)O[C@H](CO)[C@@H](O)[C@@H]2O)O[C@H](CO)[C@@H](O[C@@H]2O[C@H](CO)[C@H](O)[C@H](O)[C@H]2O[C@@H]2O[C@@H](C)[C@@H](O)[C@@H](O)[C@@H]2O)[C@@H]1O. The average Bonchev–Trinajstić information content (AvgIpc) is 3.43. The van der Waals surface area contributed by atoms with Gasteiger partial charge in [0.05, 0.1) is 45.7 Å². The standard InChI is InChI=1S/C46H78N2O35/c1-10-21(56)28(63)33(68)43(72-10)83-39-31(66)24(59)14(5-50)75-45(39)80-36-17(8-53)77-41(20(27(36)62)48-12(3)55)82-38-30(65)23(58)15(6-51)76-46(38)81-37-25(60)18(9-71-42-32(67)29(64)22(57)13(4-49)74-42)78-44(34(37)69)79-35-16(7-52)73-40(70)19(26(35)61)47-11(2)54/h10,13-46,49-53,56-70H,4-9H2,1-3H3,(H,47,54)(H,48,55)/t10-,13+,14+,15+,16+,17+,18+,19+,20+,21+,22+,23+,24-,25+,26+,27+,28+,29-,30-,31-,32-,33-,34-,35+,36+,37-,38-,39+,40?,41-,42-,43-,44-,45-,46+/m0/s1. The van der Waals surface area contributed by atoms with E-state index < -0.39 is 266 Å². The molecule has 22 N–H and O–H groups in total. The van der Waals surface area contributed by atoms with Gasteiger partial charge in [0.1, 0.15) is 165 Å². The number of aliphatic hydroxyl groups excluding tert-OH is 20. The van der Waals surface area contributed by atoms with Crippen LogP contribution in [0.25, 0.3) is 0 Å². The van der Waals surface area contributed by atoms with E-state index in [-0.39, 0.29) is 0 Å². The molecule has 7 heterocycles. The van der Waals surface area contributed by atoms with E-state index in [4.69, 9.17) is 61.6 Å². The largest absolute Gasteiger partial charge is 0.394 e. The molecular weight excluding hydrogens is 1140 g/mol.